The molecule has 0 radical (unpaired) electrons. The van der Waals surface area contributed by atoms with Gasteiger partial charge in [-0.15, -0.1) is 0 Å². The fourth-order valence-electron chi connectivity index (χ4n) is 1.59. The van der Waals surface area contributed by atoms with Crippen LogP contribution in [0.1, 0.15) is 16.1 Å². The molecule has 1 aromatic carbocycles. The average Bonchev–Trinajstić information content (AvgIpc) is 2.45. The van der Waals surface area contributed by atoms with E-state index in [-0.39, 0.29) is 5.69 Å². The van der Waals surface area contributed by atoms with Crippen molar-refractivity contribution in [1.29, 1.82) is 0 Å². The highest BCUT2D eigenvalue weighted by atomic mass is 19.1. The predicted molar refractivity (Wildman–Crippen MR) is 68.4 cm³/mol. The maximum Gasteiger partial charge on any atom is 0.270 e. The Morgan fingerprint density at radius 1 is 1.32 bits per heavy atom. The summed E-state index contributed by atoms with van der Waals surface area (Å²) in [4.78, 5) is 15.3. The number of methoxy groups -OCH3 is 1. The van der Waals surface area contributed by atoms with Gasteiger partial charge in [0.25, 0.3) is 5.91 Å². The molecule has 0 unspecified atom stereocenters. The first-order chi connectivity index (χ1) is 9.19. The van der Waals surface area contributed by atoms with Gasteiger partial charge < -0.3 is 10.1 Å². The van der Waals surface area contributed by atoms with Crippen LogP contribution < -0.4 is 10.1 Å². The molecule has 0 aliphatic rings. The minimum atomic E-state index is -0.672. The van der Waals surface area contributed by atoms with Gasteiger partial charge in [0.1, 0.15) is 11.4 Å². The second kappa shape index (κ2) is 5.95. The Morgan fingerprint density at radius 3 is 2.84 bits per heavy atom. The van der Waals surface area contributed by atoms with Crippen molar-refractivity contribution in [3.8, 4) is 5.75 Å². The molecule has 1 amide bonds. The topological polar surface area (TPSA) is 51.2 Å². The average molecular weight is 260 g/mol. The number of halogens is 1. The SMILES string of the molecule is COc1cccc(CNC(=O)c2cccc(F)n2)c1. The lowest BCUT2D eigenvalue weighted by Crippen LogP contribution is -2.24. The minimum absolute atomic E-state index is 0.0582. The molecule has 1 N–H and O–H groups in total. The number of benzene rings is 1. The molecule has 0 saturated carbocycles. The van der Waals surface area contributed by atoms with E-state index in [2.05, 4.69) is 10.3 Å². The summed E-state index contributed by atoms with van der Waals surface area (Å²) in [6, 6.07) is 11.4. The summed E-state index contributed by atoms with van der Waals surface area (Å²) in [5, 5.41) is 2.67. The Balaban J connectivity index is 2.00. The van der Waals surface area contributed by atoms with Crippen LogP contribution in [0, 0.1) is 5.95 Å². The molecule has 0 fully saturated rings. The van der Waals surface area contributed by atoms with E-state index in [4.69, 9.17) is 4.74 Å². The Hall–Kier alpha value is -2.43. The van der Waals surface area contributed by atoms with Gasteiger partial charge in [-0.2, -0.15) is 4.39 Å². The van der Waals surface area contributed by atoms with Gasteiger partial charge >= 0.3 is 0 Å². The van der Waals surface area contributed by atoms with Crippen LogP contribution >= 0.6 is 0 Å². The van der Waals surface area contributed by atoms with Crippen LogP contribution in [-0.2, 0) is 6.54 Å². The van der Waals surface area contributed by atoms with Gasteiger partial charge in [-0.1, -0.05) is 18.2 Å². The molecule has 0 bridgehead atoms. The Morgan fingerprint density at radius 2 is 2.11 bits per heavy atom. The number of ether oxygens (including phenoxy) is 1. The standard InChI is InChI=1S/C14H13FN2O2/c1-19-11-5-2-4-10(8-11)9-16-14(18)12-6-3-7-13(15)17-12/h2-8H,9H2,1H3,(H,16,18). The second-order valence-electron chi connectivity index (χ2n) is 3.88. The molecular weight excluding hydrogens is 247 g/mol. The number of amides is 1. The molecule has 0 aliphatic carbocycles. The third-order valence-corrected chi connectivity index (χ3v) is 2.53. The molecule has 1 aromatic heterocycles. The molecule has 0 saturated heterocycles. The molecule has 98 valence electrons. The normalized spacial score (nSPS) is 10.0. The van der Waals surface area contributed by atoms with Crippen molar-refractivity contribution in [1.82, 2.24) is 10.3 Å². The highest BCUT2D eigenvalue weighted by molar-refractivity contribution is 5.92. The van der Waals surface area contributed by atoms with Crippen molar-refractivity contribution in [3.63, 3.8) is 0 Å². The van der Waals surface area contributed by atoms with Gasteiger partial charge in [-0.3, -0.25) is 4.79 Å². The number of rotatable bonds is 4. The summed E-state index contributed by atoms with van der Waals surface area (Å²) in [5.74, 6) is -0.369. The van der Waals surface area contributed by atoms with Crippen molar-refractivity contribution in [2.45, 2.75) is 6.54 Å². The number of nitrogens with zero attached hydrogens (tertiary/aromatic N) is 1. The van der Waals surface area contributed by atoms with Crippen molar-refractivity contribution < 1.29 is 13.9 Å². The van der Waals surface area contributed by atoms with E-state index in [0.29, 0.717) is 6.54 Å². The summed E-state index contributed by atoms with van der Waals surface area (Å²) in [6.45, 7) is 0.328. The van der Waals surface area contributed by atoms with Gasteiger partial charge in [0, 0.05) is 6.54 Å². The Kier molecular flexibility index (Phi) is 4.07. The van der Waals surface area contributed by atoms with Crippen molar-refractivity contribution in [2.24, 2.45) is 0 Å². The van der Waals surface area contributed by atoms with Gasteiger partial charge in [-0.25, -0.2) is 4.98 Å². The Bertz CT molecular complexity index is 587. The lowest BCUT2D eigenvalue weighted by Gasteiger charge is -2.06. The van der Waals surface area contributed by atoms with E-state index in [0.717, 1.165) is 11.3 Å². The lowest BCUT2D eigenvalue weighted by molar-refractivity contribution is 0.0944. The van der Waals surface area contributed by atoms with E-state index in [1.54, 1.807) is 7.11 Å². The maximum absolute atomic E-state index is 12.9. The first kappa shape index (κ1) is 13.0. The van der Waals surface area contributed by atoms with Crippen LogP contribution in [0.15, 0.2) is 42.5 Å². The fraction of sp³-hybridized carbons (Fsp3) is 0.143. The zero-order valence-electron chi connectivity index (χ0n) is 10.4. The van der Waals surface area contributed by atoms with Crippen LogP contribution in [0.25, 0.3) is 0 Å². The number of hydrogen-bond donors (Lipinski definition) is 1. The number of pyridine rings is 1. The molecule has 2 rings (SSSR count). The molecule has 5 heteroatoms. The molecule has 0 aliphatic heterocycles. The van der Waals surface area contributed by atoms with E-state index < -0.39 is 11.9 Å². The quantitative estimate of drug-likeness (QED) is 0.857. The highest BCUT2D eigenvalue weighted by Gasteiger charge is 2.07. The minimum Gasteiger partial charge on any atom is -0.497 e. The third-order valence-electron chi connectivity index (χ3n) is 2.53. The van der Waals surface area contributed by atoms with Crippen LogP contribution in [-0.4, -0.2) is 18.0 Å². The van der Waals surface area contributed by atoms with Crippen LogP contribution in [0.4, 0.5) is 4.39 Å². The lowest BCUT2D eigenvalue weighted by atomic mass is 10.2. The van der Waals surface area contributed by atoms with Gasteiger partial charge in [0.05, 0.1) is 7.11 Å². The second-order valence-corrected chi connectivity index (χ2v) is 3.88. The van der Waals surface area contributed by atoms with Crippen LogP contribution in [0.5, 0.6) is 5.75 Å². The molecule has 4 nitrogen and oxygen atoms in total. The molecule has 2 aromatic rings. The largest absolute Gasteiger partial charge is 0.497 e. The summed E-state index contributed by atoms with van der Waals surface area (Å²) in [5.41, 5.74) is 0.951. The van der Waals surface area contributed by atoms with Gasteiger partial charge in [0.2, 0.25) is 5.95 Å². The smallest absolute Gasteiger partial charge is 0.270 e. The number of hydrogen-bond acceptors (Lipinski definition) is 3. The molecular formula is C14H13FN2O2. The zero-order chi connectivity index (χ0) is 13.7. The number of carbonyl (C=O) groups is 1. The van der Waals surface area contributed by atoms with Crippen LogP contribution in [0.2, 0.25) is 0 Å². The predicted octanol–water partition coefficient (Wildman–Crippen LogP) is 2.16. The summed E-state index contributed by atoms with van der Waals surface area (Å²) >= 11 is 0. The molecule has 0 spiro atoms. The van der Waals surface area contributed by atoms with Gasteiger partial charge in [-0.05, 0) is 29.8 Å². The summed E-state index contributed by atoms with van der Waals surface area (Å²) < 4.78 is 18.0. The van der Waals surface area contributed by atoms with E-state index in [1.165, 1.54) is 18.2 Å². The number of nitrogens with one attached hydrogen (secondary N) is 1. The maximum atomic E-state index is 12.9. The van der Waals surface area contributed by atoms with Crippen molar-refractivity contribution in [2.75, 3.05) is 7.11 Å². The zero-order valence-corrected chi connectivity index (χ0v) is 10.4. The molecule has 0 atom stereocenters. The third kappa shape index (κ3) is 3.51. The van der Waals surface area contributed by atoms with Crippen LogP contribution in [0.3, 0.4) is 0 Å². The first-order valence-electron chi connectivity index (χ1n) is 5.73. The van der Waals surface area contributed by atoms with Gasteiger partial charge in [0.15, 0.2) is 0 Å². The van der Waals surface area contributed by atoms with E-state index in [9.17, 15) is 9.18 Å². The highest BCUT2D eigenvalue weighted by Crippen LogP contribution is 2.12. The number of aromatic nitrogens is 1. The summed E-state index contributed by atoms with van der Waals surface area (Å²) in [7, 11) is 1.58. The summed E-state index contributed by atoms with van der Waals surface area (Å²) in [6.07, 6.45) is 0. The first-order valence-corrected chi connectivity index (χ1v) is 5.73. The Labute approximate surface area is 110 Å². The van der Waals surface area contributed by atoms with Crippen molar-refractivity contribution in [3.05, 3.63) is 59.7 Å². The number of carbonyl (C=O) groups excluding carboxylic acids is 1. The van der Waals surface area contributed by atoms with Crippen molar-refractivity contribution >= 4 is 5.91 Å². The molecule has 19 heavy (non-hydrogen) atoms. The van der Waals surface area contributed by atoms with E-state index in [1.807, 2.05) is 24.3 Å². The van der Waals surface area contributed by atoms with E-state index >= 15 is 0 Å². The fourth-order valence-corrected chi connectivity index (χ4v) is 1.59. The monoisotopic (exact) mass is 260 g/mol. The molecule has 1 heterocycles.